The first-order valence-corrected chi connectivity index (χ1v) is 6.26. The van der Waals surface area contributed by atoms with Crippen LogP contribution in [0.2, 0.25) is 10.0 Å². The number of halogens is 2. The Balaban J connectivity index is 2.34. The van der Waals surface area contributed by atoms with Crippen molar-refractivity contribution in [2.45, 2.75) is 0 Å². The van der Waals surface area contributed by atoms with Gasteiger partial charge in [-0.05, 0) is 24.3 Å². The van der Waals surface area contributed by atoms with Crippen molar-refractivity contribution in [1.82, 2.24) is 4.98 Å². The van der Waals surface area contributed by atoms with Gasteiger partial charge in [0.25, 0.3) is 0 Å². The molecule has 0 bridgehead atoms. The van der Waals surface area contributed by atoms with E-state index in [0.29, 0.717) is 21.1 Å². The van der Waals surface area contributed by atoms with Crippen molar-refractivity contribution in [2.75, 3.05) is 0 Å². The summed E-state index contributed by atoms with van der Waals surface area (Å²) in [7, 11) is 0. The van der Waals surface area contributed by atoms with E-state index in [-0.39, 0.29) is 11.3 Å². The van der Waals surface area contributed by atoms with Gasteiger partial charge in [0.1, 0.15) is 5.39 Å². The largest absolute Gasteiger partial charge is 0.403 e. The van der Waals surface area contributed by atoms with Gasteiger partial charge in [-0.25, -0.2) is 9.78 Å². The monoisotopic (exact) mass is 291 g/mol. The predicted molar refractivity (Wildman–Crippen MR) is 75.7 cm³/mol. The standard InChI is InChI=1S/C14H7Cl2NO2/c15-9-5-2-1-4-8(9)13-17-11-7-3-6-10(16)12(11)14(18)19-13/h1-7H. The van der Waals surface area contributed by atoms with Gasteiger partial charge in [0.15, 0.2) is 0 Å². The number of benzene rings is 2. The van der Waals surface area contributed by atoms with Crippen LogP contribution in [0.1, 0.15) is 0 Å². The van der Waals surface area contributed by atoms with E-state index in [0.717, 1.165) is 0 Å². The third kappa shape index (κ3) is 2.11. The maximum atomic E-state index is 12.0. The van der Waals surface area contributed by atoms with Gasteiger partial charge in [-0.3, -0.25) is 0 Å². The van der Waals surface area contributed by atoms with Crippen LogP contribution in [-0.4, -0.2) is 4.98 Å². The Hall–Kier alpha value is -1.84. The molecule has 19 heavy (non-hydrogen) atoms. The minimum absolute atomic E-state index is 0.186. The summed E-state index contributed by atoms with van der Waals surface area (Å²) in [5.74, 6) is 0.186. The molecule has 0 N–H and O–H groups in total. The summed E-state index contributed by atoms with van der Waals surface area (Å²) < 4.78 is 5.20. The number of aromatic nitrogens is 1. The van der Waals surface area contributed by atoms with Crippen LogP contribution in [0.15, 0.2) is 51.7 Å². The maximum absolute atomic E-state index is 12.0. The van der Waals surface area contributed by atoms with E-state index in [1.54, 1.807) is 42.5 Å². The van der Waals surface area contributed by atoms with Gasteiger partial charge in [0.2, 0.25) is 5.89 Å². The first-order chi connectivity index (χ1) is 9.16. The molecule has 0 aliphatic heterocycles. The van der Waals surface area contributed by atoms with E-state index in [2.05, 4.69) is 4.98 Å². The molecule has 0 aliphatic carbocycles. The van der Waals surface area contributed by atoms with Gasteiger partial charge in [-0.2, -0.15) is 0 Å². The fourth-order valence-corrected chi connectivity index (χ4v) is 2.29. The summed E-state index contributed by atoms with van der Waals surface area (Å²) in [6, 6.07) is 12.1. The van der Waals surface area contributed by atoms with Crippen molar-refractivity contribution in [3.05, 3.63) is 62.9 Å². The van der Waals surface area contributed by atoms with Crippen molar-refractivity contribution < 1.29 is 4.42 Å². The van der Waals surface area contributed by atoms with Crippen LogP contribution in [-0.2, 0) is 0 Å². The molecule has 1 heterocycles. The van der Waals surface area contributed by atoms with Crippen LogP contribution in [0, 0.1) is 0 Å². The van der Waals surface area contributed by atoms with E-state index >= 15 is 0 Å². The van der Waals surface area contributed by atoms with Crippen LogP contribution >= 0.6 is 23.2 Å². The van der Waals surface area contributed by atoms with E-state index in [1.165, 1.54) is 0 Å². The highest BCUT2D eigenvalue weighted by molar-refractivity contribution is 6.35. The first-order valence-electron chi connectivity index (χ1n) is 5.51. The van der Waals surface area contributed by atoms with E-state index in [4.69, 9.17) is 27.6 Å². The summed E-state index contributed by atoms with van der Waals surface area (Å²) >= 11 is 12.0. The van der Waals surface area contributed by atoms with Crippen molar-refractivity contribution in [1.29, 1.82) is 0 Å². The third-order valence-corrected chi connectivity index (χ3v) is 3.36. The Morgan fingerprint density at radius 1 is 0.947 bits per heavy atom. The molecule has 3 aromatic rings. The molecule has 0 aliphatic rings. The maximum Gasteiger partial charge on any atom is 0.348 e. The highest BCUT2D eigenvalue weighted by Gasteiger charge is 2.12. The summed E-state index contributed by atoms with van der Waals surface area (Å²) in [6.45, 7) is 0. The zero-order valence-corrected chi connectivity index (χ0v) is 11.1. The minimum atomic E-state index is -0.523. The first kappa shape index (κ1) is 12.2. The van der Waals surface area contributed by atoms with Crippen LogP contribution in [0.3, 0.4) is 0 Å². The lowest BCUT2D eigenvalue weighted by Crippen LogP contribution is -2.03. The fourth-order valence-electron chi connectivity index (χ4n) is 1.83. The molecule has 3 nitrogen and oxygen atoms in total. The van der Waals surface area contributed by atoms with E-state index < -0.39 is 5.63 Å². The SMILES string of the molecule is O=c1oc(-c2ccccc2Cl)nc2cccc(Cl)c12. The third-order valence-electron chi connectivity index (χ3n) is 2.71. The molecule has 0 saturated carbocycles. The number of rotatable bonds is 1. The van der Waals surface area contributed by atoms with Crippen LogP contribution in [0.4, 0.5) is 0 Å². The second kappa shape index (κ2) is 4.68. The molecular formula is C14H7Cl2NO2. The van der Waals surface area contributed by atoms with Gasteiger partial charge in [0.05, 0.1) is 21.1 Å². The molecule has 94 valence electrons. The fraction of sp³-hybridized carbons (Fsp3) is 0. The summed E-state index contributed by atoms with van der Waals surface area (Å²) in [4.78, 5) is 16.3. The molecule has 0 radical (unpaired) electrons. The number of hydrogen-bond donors (Lipinski definition) is 0. The van der Waals surface area contributed by atoms with E-state index in [1.807, 2.05) is 0 Å². The molecule has 0 fully saturated rings. The van der Waals surface area contributed by atoms with E-state index in [9.17, 15) is 4.79 Å². The number of nitrogens with zero attached hydrogens (tertiary/aromatic N) is 1. The van der Waals surface area contributed by atoms with Gasteiger partial charge >= 0.3 is 5.63 Å². The second-order valence-electron chi connectivity index (χ2n) is 3.92. The lowest BCUT2D eigenvalue weighted by molar-refractivity contribution is 0.518. The van der Waals surface area contributed by atoms with Gasteiger partial charge in [-0.15, -0.1) is 0 Å². The molecule has 0 atom stereocenters. The van der Waals surface area contributed by atoms with Crippen molar-refractivity contribution >= 4 is 34.1 Å². The van der Waals surface area contributed by atoms with Crippen LogP contribution in [0.25, 0.3) is 22.4 Å². The predicted octanol–water partition coefficient (Wildman–Crippen LogP) is 4.16. The summed E-state index contributed by atoms with van der Waals surface area (Å²) in [5.41, 5.74) is 0.535. The quantitative estimate of drug-likeness (QED) is 0.676. The summed E-state index contributed by atoms with van der Waals surface area (Å²) in [6.07, 6.45) is 0. The molecule has 1 aromatic heterocycles. The molecule has 0 unspecified atom stereocenters. The van der Waals surface area contributed by atoms with Crippen molar-refractivity contribution in [3.63, 3.8) is 0 Å². The minimum Gasteiger partial charge on any atom is -0.403 e. The Morgan fingerprint density at radius 2 is 1.68 bits per heavy atom. The highest BCUT2D eigenvalue weighted by atomic mass is 35.5. The van der Waals surface area contributed by atoms with Crippen molar-refractivity contribution in [3.8, 4) is 11.5 Å². The molecule has 3 rings (SSSR count). The van der Waals surface area contributed by atoms with Gasteiger partial charge < -0.3 is 4.42 Å². The molecule has 0 spiro atoms. The lowest BCUT2D eigenvalue weighted by Gasteiger charge is -2.04. The Kier molecular flexibility index (Phi) is 3.01. The molecule has 0 amide bonds. The molecular weight excluding hydrogens is 285 g/mol. The van der Waals surface area contributed by atoms with Crippen LogP contribution in [0.5, 0.6) is 0 Å². The zero-order valence-electron chi connectivity index (χ0n) is 9.56. The highest BCUT2D eigenvalue weighted by Crippen LogP contribution is 2.27. The number of fused-ring (bicyclic) bond motifs is 1. The Morgan fingerprint density at radius 3 is 2.47 bits per heavy atom. The topological polar surface area (TPSA) is 43.1 Å². The average Bonchev–Trinajstić information content (AvgIpc) is 2.39. The van der Waals surface area contributed by atoms with Gasteiger partial charge in [0, 0.05) is 0 Å². The smallest absolute Gasteiger partial charge is 0.348 e. The second-order valence-corrected chi connectivity index (χ2v) is 4.73. The van der Waals surface area contributed by atoms with Crippen molar-refractivity contribution in [2.24, 2.45) is 0 Å². The Bertz CT molecular complexity index is 827. The Labute approximate surface area is 118 Å². The molecule has 5 heteroatoms. The van der Waals surface area contributed by atoms with Gasteiger partial charge in [-0.1, -0.05) is 41.4 Å². The molecule has 0 saturated heterocycles. The normalized spacial score (nSPS) is 10.8. The zero-order chi connectivity index (χ0) is 13.4. The van der Waals surface area contributed by atoms with Crippen LogP contribution < -0.4 is 5.63 Å². The lowest BCUT2D eigenvalue weighted by atomic mass is 10.2. The molecule has 2 aromatic carbocycles. The average molecular weight is 292 g/mol. The number of hydrogen-bond acceptors (Lipinski definition) is 3. The summed E-state index contributed by atoms with van der Waals surface area (Å²) in [5, 5.41) is 1.07.